The van der Waals surface area contributed by atoms with Crippen molar-refractivity contribution < 1.29 is 0 Å². The molecular weight excluding hydrogens is 178 g/mol. The van der Waals surface area contributed by atoms with Crippen LogP contribution in [-0.2, 0) is 0 Å². The first-order valence-corrected chi connectivity index (χ1v) is 4.83. The molecule has 0 saturated heterocycles. The van der Waals surface area contributed by atoms with Crippen molar-refractivity contribution in [1.82, 2.24) is 5.32 Å². The maximum absolute atomic E-state index is 5.28. The molecule has 5 nitrogen and oxygen atoms in total. The van der Waals surface area contributed by atoms with E-state index in [-0.39, 0.29) is 12.0 Å². The molecule has 0 aliphatic rings. The number of rotatable bonds is 3. The van der Waals surface area contributed by atoms with Gasteiger partial charge in [-0.1, -0.05) is 13.8 Å². The molecule has 0 radical (unpaired) electrons. The average molecular weight is 199 g/mol. The van der Waals surface area contributed by atoms with Gasteiger partial charge in [0.2, 0.25) is 5.96 Å². The molecule has 0 amide bonds. The summed E-state index contributed by atoms with van der Waals surface area (Å²) >= 11 is 0. The molecule has 0 saturated carbocycles. The van der Waals surface area contributed by atoms with Gasteiger partial charge in [-0.3, -0.25) is 0 Å². The zero-order valence-corrected chi connectivity index (χ0v) is 9.41. The first kappa shape index (κ1) is 12.7. The van der Waals surface area contributed by atoms with E-state index in [0.717, 1.165) is 6.54 Å². The molecule has 0 spiro atoms. The lowest BCUT2D eigenvalue weighted by atomic mass is 10.2. The van der Waals surface area contributed by atoms with Gasteiger partial charge in [-0.15, -0.1) is 0 Å². The highest BCUT2D eigenvalue weighted by Crippen LogP contribution is 1.91. The number of aliphatic imine (C=N–C) groups is 2. The van der Waals surface area contributed by atoms with Crippen LogP contribution in [0.3, 0.4) is 0 Å². The zero-order chi connectivity index (χ0) is 11.1. The molecule has 0 rings (SSSR count). The van der Waals surface area contributed by atoms with Crippen LogP contribution < -0.4 is 16.8 Å². The van der Waals surface area contributed by atoms with E-state index in [9.17, 15) is 0 Å². The predicted molar refractivity (Wildman–Crippen MR) is 61.2 cm³/mol. The van der Waals surface area contributed by atoms with E-state index in [4.69, 9.17) is 11.5 Å². The van der Waals surface area contributed by atoms with Crippen LogP contribution in [-0.4, -0.2) is 24.5 Å². The largest absolute Gasteiger partial charge is 0.370 e. The number of nitrogens with two attached hydrogens (primary N) is 2. The van der Waals surface area contributed by atoms with Crippen LogP contribution in [0.15, 0.2) is 9.98 Å². The summed E-state index contributed by atoms with van der Waals surface area (Å²) < 4.78 is 0. The molecular formula is C9H21N5. The monoisotopic (exact) mass is 199 g/mol. The summed E-state index contributed by atoms with van der Waals surface area (Å²) in [6, 6.07) is 0.174. The van der Waals surface area contributed by atoms with Gasteiger partial charge in [-0.25, -0.2) is 4.99 Å². The minimum atomic E-state index is 0.0284. The number of hydrogen-bond donors (Lipinski definition) is 3. The van der Waals surface area contributed by atoms with E-state index < -0.39 is 0 Å². The fourth-order valence-corrected chi connectivity index (χ4v) is 0.776. The molecule has 0 aliphatic carbocycles. The highest BCUT2D eigenvalue weighted by atomic mass is 15.2. The maximum Gasteiger partial charge on any atom is 0.221 e. The smallest absolute Gasteiger partial charge is 0.221 e. The normalized spacial score (nSPS) is 12.0. The van der Waals surface area contributed by atoms with Crippen molar-refractivity contribution in [3.63, 3.8) is 0 Å². The summed E-state index contributed by atoms with van der Waals surface area (Å²) in [6.07, 6.45) is 0. The molecule has 0 aromatic rings. The van der Waals surface area contributed by atoms with Crippen molar-refractivity contribution in [3.8, 4) is 0 Å². The molecule has 0 fully saturated rings. The van der Waals surface area contributed by atoms with E-state index in [1.807, 2.05) is 13.8 Å². The molecule has 0 unspecified atom stereocenters. The summed E-state index contributed by atoms with van der Waals surface area (Å²) in [5, 5.41) is 3.08. The molecule has 0 aromatic carbocycles. The van der Waals surface area contributed by atoms with E-state index in [2.05, 4.69) is 29.1 Å². The van der Waals surface area contributed by atoms with Gasteiger partial charge in [-0.05, 0) is 19.8 Å². The zero-order valence-electron chi connectivity index (χ0n) is 9.41. The van der Waals surface area contributed by atoms with E-state index in [1.54, 1.807) is 0 Å². The van der Waals surface area contributed by atoms with Gasteiger partial charge in [0.1, 0.15) is 0 Å². The van der Waals surface area contributed by atoms with Crippen molar-refractivity contribution >= 4 is 11.9 Å². The number of hydrogen-bond acceptors (Lipinski definition) is 1. The molecule has 14 heavy (non-hydrogen) atoms. The van der Waals surface area contributed by atoms with Gasteiger partial charge in [0, 0.05) is 12.6 Å². The Morgan fingerprint density at radius 3 is 2.14 bits per heavy atom. The number of nitrogens with one attached hydrogen (secondary N) is 1. The Balaban J connectivity index is 4.34. The first-order valence-electron chi connectivity index (χ1n) is 4.83. The Morgan fingerprint density at radius 1 is 1.21 bits per heavy atom. The van der Waals surface area contributed by atoms with Gasteiger partial charge in [0.25, 0.3) is 0 Å². The van der Waals surface area contributed by atoms with Crippen LogP contribution in [0.2, 0.25) is 0 Å². The summed E-state index contributed by atoms with van der Waals surface area (Å²) in [5.74, 6) is 1.07. The van der Waals surface area contributed by atoms with Crippen molar-refractivity contribution in [2.45, 2.75) is 33.7 Å². The Kier molecular flexibility index (Phi) is 5.67. The van der Waals surface area contributed by atoms with E-state index in [1.165, 1.54) is 0 Å². The van der Waals surface area contributed by atoms with Gasteiger partial charge >= 0.3 is 0 Å². The highest BCUT2D eigenvalue weighted by Gasteiger charge is 2.00. The first-order chi connectivity index (χ1) is 6.41. The third-order valence-corrected chi connectivity index (χ3v) is 1.28. The van der Waals surface area contributed by atoms with Gasteiger partial charge in [0.15, 0.2) is 5.96 Å². The van der Waals surface area contributed by atoms with Crippen molar-refractivity contribution in [2.75, 3.05) is 6.54 Å². The lowest BCUT2D eigenvalue weighted by Gasteiger charge is -2.09. The summed E-state index contributed by atoms with van der Waals surface area (Å²) in [6.45, 7) is 8.96. The number of nitrogens with zero attached hydrogens (tertiary/aromatic N) is 2. The predicted octanol–water partition coefficient (Wildman–Crippen LogP) is 0.270. The fraction of sp³-hybridized carbons (Fsp3) is 0.778. The van der Waals surface area contributed by atoms with Gasteiger partial charge in [0.05, 0.1) is 0 Å². The summed E-state index contributed by atoms with van der Waals surface area (Å²) in [5.41, 5.74) is 10.6. The second kappa shape index (κ2) is 6.23. The Labute approximate surface area is 85.7 Å². The molecule has 0 aliphatic heterocycles. The Morgan fingerprint density at radius 2 is 1.79 bits per heavy atom. The van der Waals surface area contributed by atoms with Crippen LogP contribution in [0, 0.1) is 5.92 Å². The minimum Gasteiger partial charge on any atom is -0.370 e. The summed E-state index contributed by atoms with van der Waals surface area (Å²) in [7, 11) is 0. The van der Waals surface area contributed by atoms with E-state index >= 15 is 0 Å². The third-order valence-electron chi connectivity index (χ3n) is 1.28. The third kappa shape index (κ3) is 7.39. The SMILES string of the molecule is CC(C)CNC(N=C(N)N)=NC(C)C. The van der Waals surface area contributed by atoms with Crippen LogP contribution in [0.5, 0.6) is 0 Å². The average Bonchev–Trinajstić information content (AvgIpc) is 1.97. The van der Waals surface area contributed by atoms with Gasteiger partial charge in [-0.2, -0.15) is 4.99 Å². The highest BCUT2D eigenvalue weighted by molar-refractivity contribution is 5.93. The Hall–Kier alpha value is -1.26. The van der Waals surface area contributed by atoms with Gasteiger partial charge < -0.3 is 16.8 Å². The quantitative estimate of drug-likeness (QED) is 0.450. The molecule has 0 atom stereocenters. The Bertz CT molecular complexity index is 213. The molecule has 0 bridgehead atoms. The van der Waals surface area contributed by atoms with Crippen molar-refractivity contribution in [3.05, 3.63) is 0 Å². The molecule has 5 heteroatoms. The van der Waals surface area contributed by atoms with Crippen LogP contribution in [0.1, 0.15) is 27.7 Å². The second-order valence-corrected chi connectivity index (χ2v) is 3.86. The molecule has 5 N–H and O–H groups in total. The lowest BCUT2D eigenvalue weighted by molar-refractivity contribution is 0.620. The summed E-state index contributed by atoms with van der Waals surface area (Å²) in [4.78, 5) is 8.15. The number of guanidine groups is 2. The van der Waals surface area contributed by atoms with Crippen LogP contribution in [0.4, 0.5) is 0 Å². The maximum atomic E-state index is 5.28. The van der Waals surface area contributed by atoms with Crippen LogP contribution >= 0.6 is 0 Å². The molecule has 82 valence electrons. The standard InChI is InChI=1S/C9H21N5/c1-6(2)5-12-9(13-7(3)4)14-8(10)11/h6-7H,5H2,1-4H3,(H5,10,11,12,13,14). The topological polar surface area (TPSA) is 88.8 Å². The van der Waals surface area contributed by atoms with Crippen LogP contribution in [0.25, 0.3) is 0 Å². The molecule has 0 heterocycles. The van der Waals surface area contributed by atoms with Crippen molar-refractivity contribution in [1.29, 1.82) is 0 Å². The second-order valence-electron chi connectivity index (χ2n) is 3.86. The minimum absolute atomic E-state index is 0.0284. The fourth-order valence-electron chi connectivity index (χ4n) is 0.776. The molecule has 0 aromatic heterocycles. The van der Waals surface area contributed by atoms with Crippen molar-refractivity contribution in [2.24, 2.45) is 27.4 Å². The van der Waals surface area contributed by atoms with E-state index in [0.29, 0.717) is 11.9 Å². The lowest BCUT2D eigenvalue weighted by Crippen LogP contribution is -2.32.